The number of carboxylic acids is 2. The number of allylic oxidation sites excluding steroid dienone is 1. The molecule has 2 heterocycles. The number of carboxylic acid groups (broad SMARTS) is 2. The van der Waals surface area contributed by atoms with Crippen molar-refractivity contribution in [2.45, 2.75) is 0 Å². The number of benzene rings is 3. The van der Waals surface area contributed by atoms with Crippen molar-refractivity contribution in [2.24, 2.45) is 0 Å². The number of rotatable bonds is 6. The molecule has 5 rings (SSSR count). The lowest BCUT2D eigenvalue weighted by atomic mass is 10.2. The highest BCUT2D eigenvalue weighted by atomic mass is 35.5. The fraction of sp³-hybridized carbons (Fsp3) is 0. The molecule has 43 heavy (non-hydrogen) atoms. The van der Waals surface area contributed by atoms with E-state index in [0.29, 0.717) is 39.0 Å². The molecule has 3 aromatic carbocycles. The first-order chi connectivity index (χ1) is 20.4. The standard InChI is InChI=1S/C10H5ClO4.C10H6O5.C9H8O4/c2*11-9(12)4-2-6-1-3-7-8(5-6)15-10(13)14-7;10-7-3-1-6(5-8(7)11)2-4-9(12)13/h1-5H;1-5H,(H,11,12);1-5,10-11H,(H,12,13)/b3*4-2+. The molecule has 0 unspecified atom stereocenters. The van der Waals surface area contributed by atoms with Crippen molar-refractivity contribution in [1.82, 2.24) is 0 Å². The summed E-state index contributed by atoms with van der Waals surface area (Å²) in [5.41, 5.74) is 3.17. The molecule has 2 aromatic heterocycles. The Labute approximate surface area is 244 Å². The molecule has 0 fully saturated rings. The zero-order valence-corrected chi connectivity index (χ0v) is 22.3. The van der Waals surface area contributed by atoms with E-state index in [1.54, 1.807) is 30.3 Å². The van der Waals surface area contributed by atoms with Gasteiger partial charge in [-0.3, -0.25) is 4.79 Å². The molecule has 4 N–H and O–H groups in total. The average Bonchev–Trinajstić information content (AvgIpc) is 3.51. The number of aliphatic carboxylic acids is 2. The number of aromatic hydroxyl groups is 2. The second kappa shape index (κ2) is 14.5. The van der Waals surface area contributed by atoms with Crippen LogP contribution in [0.25, 0.3) is 40.6 Å². The summed E-state index contributed by atoms with van der Waals surface area (Å²) < 4.78 is 18.8. The summed E-state index contributed by atoms with van der Waals surface area (Å²) in [7, 11) is 0. The average molecular weight is 611 g/mol. The predicted molar refractivity (Wildman–Crippen MR) is 153 cm³/mol. The third-order valence-corrected chi connectivity index (χ3v) is 5.08. The number of hydrogen-bond donors (Lipinski definition) is 4. The van der Waals surface area contributed by atoms with E-state index >= 15 is 0 Å². The number of fused-ring (bicyclic) bond motifs is 2. The second-order valence-corrected chi connectivity index (χ2v) is 8.42. The van der Waals surface area contributed by atoms with Crippen LogP contribution >= 0.6 is 11.6 Å². The molecule has 5 aromatic rings. The molecular formula is C29H19ClO13. The smallest absolute Gasteiger partial charge is 0.504 e. The Hall–Kier alpha value is -6.08. The number of carbonyl (C=O) groups excluding carboxylic acids is 1. The number of phenols is 2. The Morgan fingerprint density at radius 1 is 0.558 bits per heavy atom. The Morgan fingerprint density at radius 3 is 1.37 bits per heavy atom. The Kier molecular flexibility index (Phi) is 10.6. The molecule has 0 bridgehead atoms. The normalized spacial score (nSPS) is 11.0. The SMILES string of the molecule is O=C(Cl)/C=C/c1ccc2oc(=O)oc2c1.O=C(O)/C=C/c1ccc(O)c(O)c1.O=C(O)/C=C/c1ccc2oc(=O)oc2c1. The zero-order chi connectivity index (χ0) is 31.5. The van der Waals surface area contributed by atoms with Crippen LogP contribution < -0.4 is 11.6 Å². The number of phenolic OH excluding ortho intramolecular Hbond substituents is 2. The Bertz CT molecular complexity index is 1870. The maximum atomic E-state index is 10.7. The van der Waals surface area contributed by atoms with Gasteiger partial charge in [-0.2, -0.15) is 0 Å². The lowest BCUT2D eigenvalue weighted by Gasteiger charge is -1.97. The molecule has 0 atom stereocenters. The van der Waals surface area contributed by atoms with Crippen molar-refractivity contribution >= 4 is 69.3 Å². The monoisotopic (exact) mass is 610 g/mol. The van der Waals surface area contributed by atoms with E-state index in [1.807, 2.05) is 0 Å². The van der Waals surface area contributed by atoms with Gasteiger partial charge in [0.2, 0.25) is 5.24 Å². The van der Waals surface area contributed by atoms with Gasteiger partial charge in [-0.15, -0.1) is 0 Å². The maximum absolute atomic E-state index is 10.7. The number of hydrogen-bond acceptors (Lipinski definition) is 11. The molecule has 14 heteroatoms. The third-order valence-electron chi connectivity index (χ3n) is 4.95. The molecule has 0 aliphatic carbocycles. The lowest BCUT2D eigenvalue weighted by Crippen LogP contribution is -1.85. The summed E-state index contributed by atoms with van der Waals surface area (Å²) in [5, 5.41) is 34.1. The zero-order valence-electron chi connectivity index (χ0n) is 21.5. The highest BCUT2D eigenvalue weighted by Gasteiger charge is 2.04. The van der Waals surface area contributed by atoms with Gasteiger partial charge < -0.3 is 38.1 Å². The van der Waals surface area contributed by atoms with Gasteiger partial charge in [0, 0.05) is 12.2 Å². The van der Waals surface area contributed by atoms with Crippen LogP contribution in [0.2, 0.25) is 0 Å². The van der Waals surface area contributed by atoms with Gasteiger partial charge in [-0.25, -0.2) is 19.2 Å². The van der Waals surface area contributed by atoms with Crippen LogP contribution in [0.1, 0.15) is 16.7 Å². The van der Waals surface area contributed by atoms with Gasteiger partial charge in [0.05, 0.1) is 0 Å². The van der Waals surface area contributed by atoms with E-state index < -0.39 is 28.8 Å². The van der Waals surface area contributed by atoms with E-state index in [4.69, 9.17) is 45.3 Å². The van der Waals surface area contributed by atoms with Crippen LogP contribution in [0.15, 0.2) is 100 Å². The summed E-state index contributed by atoms with van der Waals surface area (Å²) >= 11 is 5.13. The van der Waals surface area contributed by atoms with Crippen molar-refractivity contribution in [3.8, 4) is 11.5 Å². The van der Waals surface area contributed by atoms with Gasteiger partial charge in [0.25, 0.3) is 0 Å². The minimum Gasteiger partial charge on any atom is -0.504 e. The molecule has 220 valence electrons. The van der Waals surface area contributed by atoms with Crippen LogP contribution in [0.4, 0.5) is 0 Å². The van der Waals surface area contributed by atoms with Crippen molar-refractivity contribution < 1.29 is 52.5 Å². The molecule has 0 spiro atoms. The fourth-order valence-corrected chi connectivity index (χ4v) is 3.19. The molecule has 0 amide bonds. The highest BCUT2D eigenvalue weighted by Crippen LogP contribution is 2.25. The van der Waals surface area contributed by atoms with Crippen LogP contribution in [-0.2, 0) is 14.4 Å². The number of halogens is 1. The summed E-state index contributed by atoms with van der Waals surface area (Å²) in [6, 6.07) is 13.6. The van der Waals surface area contributed by atoms with Gasteiger partial charge in [0.15, 0.2) is 33.8 Å². The third kappa shape index (κ3) is 10.1. The summed E-state index contributed by atoms with van der Waals surface area (Å²) in [6.07, 6.45) is 7.39. The first-order valence-electron chi connectivity index (χ1n) is 11.7. The number of carbonyl (C=O) groups is 3. The van der Waals surface area contributed by atoms with E-state index in [0.717, 1.165) is 12.2 Å². The molecule has 0 saturated carbocycles. The Balaban J connectivity index is 0.000000177. The highest BCUT2D eigenvalue weighted by molar-refractivity contribution is 6.66. The van der Waals surface area contributed by atoms with Gasteiger partial charge in [0.1, 0.15) is 0 Å². The van der Waals surface area contributed by atoms with Crippen molar-refractivity contribution in [2.75, 3.05) is 0 Å². The predicted octanol–water partition coefficient (Wildman–Crippen LogP) is 4.84. The summed E-state index contributed by atoms with van der Waals surface area (Å²) in [4.78, 5) is 52.3. The molecule has 0 saturated heterocycles. The molecule has 0 radical (unpaired) electrons. The fourth-order valence-electron chi connectivity index (χ4n) is 3.13. The second-order valence-electron chi connectivity index (χ2n) is 8.05. The van der Waals surface area contributed by atoms with Crippen molar-refractivity contribution in [3.05, 3.63) is 111 Å². The van der Waals surface area contributed by atoms with E-state index in [9.17, 15) is 24.0 Å². The van der Waals surface area contributed by atoms with Crippen molar-refractivity contribution in [1.29, 1.82) is 0 Å². The van der Waals surface area contributed by atoms with Crippen LogP contribution in [-0.4, -0.2) is 37.6 Å². The van der Waals surface area contributed by atoms with Crippen LogP contribution in [0, 0.1) is 0 Å². The van der Waals surface area contributed by atoms with Gasteiger partial charge in [-0.1, -0.05) is 24.3 Å². The van der Waals surface area contributed by atoms with E-state index in [-0.39, 0.29) is 11.5 Å². The van der Waals surface area contributed by atoms with E-state index in [2.05, 4.69) is 4.42 Å². The summed E-state index contributed by atoms with van der Waals surface area (Å²) in [6.45, 7) is 0. The minimum atomic E-state index is -1.06. The topological polar surface area (TPSA) is 219 Å². The van der Waals surface area contributed by atoms with Crippen LogP contribution in [0.5, 0.6) is 11.5 Å². The molecule has 0 aliphatic rings. The first kappa shape index (κ1) is 31.4. The quantitative estimate of drug-likeness (QED) is 0.115. The van der Waals surface area contributed by atoms with E-state index in [1.165, 1.54) is 48.6 Å². The summed E-state index contributed by atoms with van der Waals surface area (Å²) in [5.74, 6) is -4.12. The van der Waals surface area contributed by atoms with Crippen LogP contribution in [0.3, 0.4) is 0 Å². The Morgan fingerprint density at radius 2 is 0.953 bits per heavy atom. The van der Waals surface area contributed by atoms with Gasteiger partial charge in [-0.05, 0) is 82.9 Å². The van der Waals surface area contributed by atoms with Gasteiger partial charge >= 0.3 is 23.6 Å². The molecule has 0 aliphatic heterocycles. The van der Waals surface area contributed by atoms with Crippen molar-refractivity contribution in [3.63, 3.8) is 0 Å². The first-order valence-corrected chi connectivity index (χ1v) is 12.1. The molecular weight excluding hydrogens is 592 g/mol. The minimum absolute atomic E-state index is 0.229. The lowest BCUT2D eigenvalue weighted by molar-refractivity contribution is -0.132. The largest absolute Gasteiger partial charge is 0.519 e. The maximum Gasteiger partial charge on any atom is 0.519 e. The molecule has 13 nitrogen and oxygen atoms in total.